The molecule has 1 radical (unpaired) electrons. The first kappa shape index (κ1) is 14.0. The molecule has 2 rings (SSSR count). The maximum atomic E-state index is 5.90. The van der Waals surface area contributed by atoms with E-state index in [1.165, 1.54) is 11.1 Å². The van der Waals surface area contributed by atoms with Crippen LogP contribution in [0.4, 0.5) is 0 Å². The minimum atomic E-state index is 0. The standard InChI is InChI=1S/C11H12N.H2O.Y/c1-2-8-3-5-10-9(7-8)4-6-11(10)12;;/h1-3,5,7,11H,4,6,12H2;1H2;/q-1;;. The zero-order valence-corrected chi connectivity index (χ0v) is 10.9. The number of hydrogen-bond acceptors (Lipinski definition) is 1. The molecule has 0 bridgehead atoms. The van der Waals surface area contributed by atoms with Gasteiger partial charge >= 0.3 is 0 Å². The average Bonchev–Trinajstić information content (AvgIpc) is 2.47. The third-order valence-electron chi connectivity index (χ3n) is 2.48. The summed E-state index contributed by atoms with van der Waals surface area (Å²) < 4.78 is 0. The van der Waals surface area contributed by atoms with Crippen LogP contribution in [0.1, 0.15) is 29.2 Å². The molecule has 3 heteroatoms. The van der Waals surface area contributed by atoms with Crippen molar-refractivity contribution in [2.24, 2.45) is 5.73 Å². The van der Waals surface area contributed by atoms with E-state index in [4.69, 9.17) is 12.3 Å². The third-order valence-corrected chi connectivity index (χ3v) is 2.48. The number of nitrogens with two attached hydrogens (primary N) is 1. The van der Waals surface area contributed by atoms with Crippen molar-refractivity contribution in [2.75, 3.05) is 0 Å². The topological polar surface area (TPSA) is 57.5 Å². The first-order valence-electron chi connectivity index (χ1n) is 4.24. The molecule has 0 aromatic heterocycles. The van der Waals surface area contributed by atoms with Gasteiger partial charge in [0.25, 0.3) is 0 Å². The van der Waals surface area contributed by atoms with Crippen molar-refractivity contribution in [3.05, 3.63) is 41.5 Å². The minimum absolute atomic E-state index is 0. The van der Waals surface area contributed by atoms with Crippen LogP contribution in [0.25, 0.3) is 6.08 Å². The molecule has 0 spiro atoms. The van der Waals surface area contributed by atoms with E-state index in [0.29, 0.717) is 0 Å². The summed E-state index contributed by atoms with van der Waals surface area (Å²) in [4.78, 5) is 0. The summed E-state index contributed by atoms with van der Waals surface area (Å²) in [5, 5.41) is 0. The Bertz CT molecular complexity index is 325. The molecule has 2 nitrogen and oxygen atoms in total. The Morgan fingerprint density at radius 3 is 2.79 bits per heavy atom. The average molecular weight is 265 g/mol. The van der Waals surface area contributed by atoms with Gasteiger partial charge in [-0.05, 0) is 18.4 Å². The fourth-order valence-corrected chi connectivity index (χ4v) is 1.77. The van der Waals surface area contributed by atoms with Crippen molar-refractivity contribution in [1.29, 1.82) is 0 Å². The van der Waals surface area contributed by atoms with Crippen molar-refractivity contribution < 1.29 is 38.2 Å². The minimum Gasteiger partial charge on any atom is -0.412 e. The van der Waals surface area contributed by atoms with Gasteiger partial charge in [-0.15, -0.1) is 12.1 Å². The molecule has 1 aromatic rings. The van der Waals surface area contributed by atoms with Crippen LogP contribution < -0.4 is 5.73 Å². The van der Waals surface area contributed by atoms with Crippen LogP contribution in [0.5, 0.6) is 0 Å². The van der Waals surface area contributed by atoms with Crippen molar-refractivity contribution in [2.45, 2.75) is 18.9 Å². The molecule has 0 amide bonds. The van der Waals surface area contributed by atoms with E-state index in [2.05, 4.69) is 12.1 Å². The molecule has 0 saturated carbocycles. The molecule has 4 N–H and O–H groups in total. The number of aryl methyl sites for hydroxylation is 1. The second-order valence-electron chi connectivity index (χ2n) is 3.27. The van der Waals surface area contributed by atoms with E-state index in [0.717, 1.165) is 18.4 Å². The Morgan fingerprint density at radius 2 is 2.14 bits per heavy atom. The van der Waals surface area contributed by atoms with Crippen LogP contribution in [0.2, 0.25) is 0 Å². The molecule has 1 aliphatic carbocycles. The van der Waals surface area contributed by atoms with Crippen molar-refractivity contribution >= 4 is 6.08 Å². The molecule has 14 heavy (non-hydrogen) atoms. The summed E-state index contributed by atoms with van der Waals surface area (Å²) in [6.07, 6.45) is 3.80. The smallest absolute Gasteiger partial charge is 0.0299 e. The quantitative estimate of drug-likeness (QED) is 0.763. The van der Waals surface area contributed by atoms with Gasteiger partial charge in [-0.2, -0.15) is 5.56 Å². The Morgan fingerprint density at radius 1 is 1.43 bits per heavy atom. The molecule has 0 saturated heterocycles. The Balaban J connectivity index is 0.000000845. The largest absolute Gasteiger partial charge is 0.412 e. The summed E-state index contributed by atoms with van der Waals surface area (Å²) in [6.45, 7) is 5.42. The van der Waals surface area contributed by atoms with Crippen molar-refractivity contribution in [3.63, 3.8) is 0 Å². The molecule has 0 fully saturated rings. The monoisotopic (exact) mass is 265 g/mol. The van der Waals surface area contributed by atoms with Gasteiger partial charge in [-0.25, -0.2) is 6.08 Å². The van der Waals surface area contributed by atoms with Crippen LogP contribution in [-0.2, 0) is 39.1 Å². The second-order valence-corrected chi connectivity index (χ2v) is 3.27. The van der Waals surface area contributed by atoms with Crippen molar-refractivity contribution in [3.8, 4) is 0 Å². The van der Waals surface area contributed by atoms with Gasteiger partial charge < -0.3 is 11.2 Å². The van der Waals surface area contributed by atoms with Crippen LogP contribution in [-0.4, -0.2) is 5.48 Å². The van der Waals surface area contributed by atoms with Crippen LogP contribution >= 0.6 is 0 Å². The maximum Gasteiger partial charge on any atom is 0.0299 e. The summed E-state index contributed by atoms with van der Waals surface area (Å²) in [6, 6.07) is 6.48. The molecular weight excluding hydrogens is 251 g/mol. The van der Waals surface area contributed by atoms with Gasteiger partial charge in [-0.3, -0.25) is 6.58 Å². The third kappa shape index (κ3) is 2.51. The second kappa shape index (κ2) is 5.77. The van der Waals surface area contributed by atoms with E-state index in [9.17, 15) is 0 Å². The first-order chi connectivity index (χ1) is 5.81. The van der Waals surface area contributed by atoms with E-state index >= 15 is 0 Å². The van der Waals surface area contributed by atoms with Crippen LogP contribution in [0.15, 0.2) is 18.2 Å². The summed E-state index contributed by atoms with van der Waals surface area (Å²) in [5.41, 5.74) is 9.64. The van der Waals surface area contributed by atoms with E-state index < -0.39 is 0 Å². The zero-order valence-electron chi connectivity index (χ0n) is 8.03. The summed E-state index contributed by atoms with van der Waals surface area (Å²) in [5.74, 6) is 0. The predicted molar refractivity (Wildman–Crippen MR) is 54.1 cm³/mol. The Kier molecular flexibility index (Phi) is 5.76. The van der Waals surface area contributed by atoms with Gasteiger partial charge in [0.2, 0.25) is 0 Å². The number of rotatable bonds is 1. The molecular formula is C11H14NOY-. The normalized spacial score (nSPS) is 17.6. The van der Waals surface area contributed by atoms with E-state index in [1.54, 1.807) is 6.08 Å². The number of fused-ring (bicyclic) bond motifs is 1. The molecule has 1 aliphatic rings. The molecule has 1 atom stereocenters. The molecule has 1 aromatic carbocycles. The Labute approximate surface area is 110 Å². The maximum absolute atomic E-state index is 5.90. The SMILES string of the molecule is O.[CH-]=Cc1ccc2c(c1)CCC2N.[Y]. The number of hydrogen-bond donors (Lipinski definition) is 1. The number of benzene rings is 1. The van der Waals surface area contributed by atoms with E-state index in [-0.39, 0.29) is 44.2 Å². The molecule has 73 valence electrons. The van der Waals surface area contributed by atoms with Crippen molar-refractivity contribution in [1.82, 2.24) is 0 Å². The van der Waals surface area contributed by atoms with Gasteiger partial charge in [0.15, 0.2) is 0 Å². The Hall–Kier alpha value is -0.0161. The summed E-state index contributed by atoms with van der Waals surface area (Å²) in [7, 11) is 0. The van der Waals surface area contributed by atoms with Gasteiger partial charge in [0.1, 0.15) is 0 Å². The van der Waals surface area contributed by atoms with Crippen LogP contribution in [0.3, 0.4) is 0 Å². The van der Waals surface area contributed by atoms with E-state index in [1.807, 2.05) is 6.07 Å². The predicted octanol–water partition coefficient (Wildman–Crippen LogP) is 1.25. The molecule has 0 heterocycles. The fraction of sp³-hybridized carbons (Fsp3) is 0.273. The first-order valence-corrected chi connectivity index (χ1v) is 4.24. The fourth-order valence-electron chi connectivity index (χ4n) is 1.77. The van der Waals surface area contributed by atoms with Gasteiger partial charge in [-0.1, -0.05) is 11.6 Å². The zero-order chi connectivity index (χ0) is 8.55. The molecule has 0 aliphatic heterocycles. The van der Waals surface area contributed by atoms with Crippen LogP contribution in [0, 0.1) is 6.58 Å². The van der Waals surface area contributed by atoms with Gasteiger partial charge in [0.05, 0.1) is 0 Å². The summed E-state index contributed by atoms with van der Waals surface area (Å²) >= 11 is 0. The molecule has 1 unspecified atom stereocenters. The van der Waals surface area contributed by atoms with Gasteiger partial charge in [0, 0.05) is 38.8 Å².